The van der Waals surface area contributed by atoms with Crippen molar-refractivity contribution in [1.82, 2.24) is 19.9 Å². The van der Waals surface area contributed by atoms with Gasteiger partial charge in [0, 0.05) is 24.8 Å². The summed E-state index contributed by atoms with van der Waals surface area (Å²) in [6, 6.07) is 42.6. The molecular weight excluding hydrogens is 874 g/mol. The maximum absolute atomic E-state index is 10.7. The summed E-state index contributed by atoms with van der Waals surface area (Å²) in [4.78, 5) is 17.0. The van der Waals surface area contributed by atoms with Gasteiger partial charge in [0.05, 0.1) is 11.4 Å². The molecule has 0 saturated carbocycles. The van der Waals surface area contributed by atoms with Gasteiger partial charge >= 0.3 is 53.1 Å². The van der Waals surface area contributed by atoms with Gasteiger partial charge in [-0.2, -0.15) is 0 Å². The molecule has 0 atom stereocenters. The minimum Gasteiger partial charge on any atom is -0.255 e. The normalized spacial score (nSPS) is 12.4. The fourth-order valence-corrected chi connectivity index (χ4v) is 4.17. The number of rotatable bonds is 3. The number of halogens is 6. The van der Waals surface area contributed by atoms with Crippen molar-refractivity contribution < 1.29 is 45.3 Å². The van der Waals surface area contributed by atoms with E-state index in [2.05, 4.69) is 110 Å². The Kier molecular flexibility index (Phi) is 14.7. The molecule has 0 amide bonds. The maximum atomic E-state index is 9.87. The number of pyridine rings is 4. The van der Waals surface area contributed by atoms with E-state index < -0.39 is 7.81 Å². The van der Waals surface area contributed by atoms with E-state index in [9.17, 15) is 25.2 Å². The van der Waals surface area contributed by atoms with Gasteiger partial charge in [-0.05, 0) is 58.6 Å². The van der Waals surface area contributed by atoms with Crippen LogP contribution in [0, 0.1) is 12.1 Å². The molecule has 0 bridgehead atoms. The van der Waals surface area contributed by atoms with Crippen LogP contribution in [0.25, 0.3) is 33.9 Å². The maximum Gasteiger partial charge on any atom is 3.00 e. The number of benzene rings is 2. The molecule has 0 N–H and O–H groups in total. The molecule has 276 valence electrons. The molecule has 0 saturated heterocycles. The van der Waals surface area contributed by atoms with Crippen molar-refractivity contribution in [3.8, 4) is 33.9 Å². The van der Waals surface area contributed by atoms with Gasteiger partial charge < -0.3 is 9.97 Å². The van der Waals surface area contributed by atoms with E-state index in [1.54, 1.807) is 24.8 Å². The zero-order valence-corrected chi connectivity index (χ0v) is 32.8. The van der Waals surface area contributed by atoms with Crippen molar-refractivity contribution in [3.63, 3.8) is 0 Å². The van der Waals surface area contributed by atoms with Gasteiger partial charge in [-0.3, -0.25) is 9.97 Å². The van der Waals surface area contributed by atoms with Crippen LogP contribution >= 0.6 is 7.81 Å². The van der Waals surface area contributed by atoms with Gasteiger partial charge in [0.25, 0.3) is 0 Å². The van der Waals surface area contributed by atoms with Crippen molar-refractivity contribution in [2.75, 3.05) is 0 Å². The molecule has 0 radical (unpaired) electrons. The Morgan fingerprint density at radius 3 is 0.885 bits per heavy atom. The second-order valence-corrected chi connectivity index (χ2v) is 15.2. The Morgan fingerprint density at radius 2 is 0.692 bits per heavy atom. The molecule has 0 fully saturated rings. The topological polar surface area (TPSA) is 51.6 Å². The van der Waals surface area contributed by atoms with Crippen LogP contribution in [0.1, 0.15) is 52.7 Å². The Balaban J connectivity index is 0.000000248. The number of hydrogen-bond donors (Lipinski definition) is 0. The van der Waals surface area contributed by atoms with Crippen LogP contribution in [-0.4, -0.2) is 19.9 Å². The number of hydrogen-bond acceptors (Lipinski definition) is 4. The van der Waals surface area contributed by atoms with E-state index in [0.717, 1.165) is 33.9 Å². The minimum absolute atomic E-state index is 0. The summed E-state index contributed by atoms with van der Waals surface area (Å²) in [5.41, 5.74) is 8.84. The molecule has 0 spiro atoms. The predicted molar refractivity (Wildman–Crippen MR) is 195 cm³/mol. The third kappa shape index (κ3) is 17.8. The van der Waals surface area contributed by atoms with E-state index in [-0.39, 0.29) is 30.9 Å². The van der Waals surface area contributed by atoms with E-state index in [4.69, 9.17) is 0 Å². The van der Waals surface area contributed by atoms with Crippen LogP contribution < -0.4 is 0 Å². The summed E-state index contributed by atoms with van der Waals surface area (Å²) >= 11 is 0. The molecule has 6 rings (SSSR count). The summed E-state index contributed by atoms with van der Waals surface area (Å²) in [5, 5.41) is 0. The van der Waals surface area contributed by atoms with Crippen molar-refractivity contribution in [2.24, 2.45) is 0 Å². The SMILES string of the molecule is CC(C)(C)c1c[c-]c(-c2ccccn2)cc1.CC(C)(C)c1c[c-]c(-c2ccccn2)cc1.F[P-](F)(F)(F)(F)F.[Ir+3].c1ccc(-c2ccccn2)nc1. The van der Waals surface area contributed by atoms with Crippen molar-refractivity contribution in [3.05, 3.63) is 157 Å². The van der Waals surface area contributed by atoms with Crippen LogP contribution in [0.2, 0.25) is 0 Å². The second kappa shape index (κ2) is 17.5. The van der Waals surface area contributed by atoms with Gasteiger partial charge in [-0.25, -0.2) is 0 Å². The zero-order valence-electron chi connectivity index (χ0n) is 29.5. The molecule has 0 aliphatic carbocycles. The minimum atomic E-state index is -10.7. The van der Waals surface area contributed by atoms with Crippen LogP contribution in [0.15, 0.2) is 134 Å². The third-order valence-corrected chi connectivity index (χ3v) is 6.83. The number of nitrogens with zero attached hydrogens (tertiary/aromatic N) is 4. The summed E-state index contributed by atoms with van der Waals surface area (Å²) in [6.45, 7) is 13.2. The molecule has 2 aromatic carbocycles. The van der Waals surface area contributed by atoms with E-state index in [1.165, 1.54) is 11.1 Å². The number of aromatic nitrogens is 4. The molecule has 52 heavy (non-hydrogen) atoms. The Hall–Kier alpha value is -4.30. The second-order valence-electron chi connectivity index (χ2n) is 13.3. The van der Waals surface area contributed by atoms with Crippen molar-refractivity contribution in [2.45, 2.75) is 52.4 Å². The van der Waals surface area contributed by atoms with Crippen LogP contribution in [-0.2, 0) is 30.9 Å². The summed E-state index contributed by atoms with van der Waals surface area (Å²) in [5.74, 6) is 0. The fraction of sp³-hybridized carbons (Fsp3) is 0.200. The van der Waals surface area contributed by atoms with Crippen LogP contribution in [0.3, 0.4) is 0 Å². The molecule has 0 aliphatic heterocycles. The van der Waals surface area contributed by atoms with Crippen LogP contribution in [0.4, 0.5) is 25.2 Å². The quantitative estimate of drug-likeness (QED) is 0.101. The van der Waals surface area contributed by atoms with Gasteiger partial charge in [0.15, 0.2) is 0 Å². The molecular formula is C40H40F6IrN4P. The van der Waals surface area contributed by atoms with Gasteiger partial charge in [0.1, 0.15) is 0 Å². The molecule has 0 aliphatic rings. The van der Waals surface area contributed by atoms with Crippen LogP contribution in [0.5, 0.6) is 0 Å². The van der Waals surface area contributed by atoms with Gasteiger partial charge in [-0.1, -0.05) is 77.9 Å². The zero-order chi connectivity index (χ0) is 37.8. The molecule has 4 aromatic heterocycles. The Labute approximate surface area is 315 Å². The van der Waals surface area contributed by atoms with Gasteiger partial charge in [0.2, 0.25) is 0 Å². The first-order chi connectivity index (χ1) is 23.6. The Morgan fingerprint density at radius 1 is 0.423 bits per heavy atom. The summed E-state index contributed by atoms with van der Waals surface area (Å²) < 4.78 is 59.2. The van der Waals surface area contributed by atoms with E-state index >= 15 is 0 Å². The third-order valence-electron chi connectivity index (χ3n) is 6.83. The smallest absolute Gasteiger partial charge is 0.255 e. The first-order valence-electron chi connectivity index (χ1n) is 15.8. The van der Waals surface area contributed by atoms with Crippen molar-refractivity contribution >= 4 is 7.81 Å². The molecule has 4 nitrogen and oxygen atoms in total. The van der Waals surface area contributed by atoms with E-state index in [0.29, 0.717) is 0 Å². The fourth-order valence-electron chi connectivity index (χ4n) is 4.17. The van der Waals surface area contributed by atoms with Crippen molar-refractivity contribution in [1.29, 1.82) is 0 Å². The largest absolute Gasteiger partial charge is 3.00 e. The standard InChI is InChI=1S/2C15H16N.C10H8N2.F6P.Ir/c2*1-15(2,3)13-9-7-12(8-10-13)14-6-4-5-11-16-14;1-3-7-11-9(5-1)10-6-2-4-8-12-10;1-7(2,3,4,5)6;/h2*4-7,9-11H,1-3H3;1-8H;;/q2*-1;;-1;+3. The molecule has 0 unspecified atom stereocenters. The Bertz CT molecular complexity index is 1760. The molecule has 12 heteroatoms. The van der Waals surface area contributed by atoms with E-state index in [1.807, 2.05) is 72.8 Å². The first-order valence-corrected chi connectivity index (χ1v) is 17.9. The summed E-state index contributed by atoms with van der Waals surface area (Å²) in [7, 11) is -10.7. The monoisotopic (exact) mass is 914 g/mol. The average molecular weight is 914 g/mol. The molecule has 6 aromatic rings. The molecule has 4 heterocycles. The summed E-state index contributed by atoms with van der Waals surface area (Å²) in [6.07, 6.45) is 7.15. The first kappa shape index (κ1) is 43.9. The average Bonchev–Trinajstić information content (AvgIpc) is 3.08. The van der Waals surface area contributed by atoms with Gasteiger partial charge in [-0.15, -0.1) is 70.8 Å². The predicted octanol–water partition coefficient (Wildman–Crippen LogP) is 13.2.